The zero-order valence-electron chi connectivity index (χ0n) is 10.2. The van der Waals surface area contributed by atoms with Crippen LogP contribution in [-0.2, 0) is 4.79 Å². The van der Waals surface area contributed by atoms with E-state index in [2.05, 4.69) is 4.98 Å². The zero-order chi connectivity index (χ0) is 13.8. The van der Waals surface area contributed by atoms with Gasteiger partial charge in [0.25, 0.3) is 11.5 Å². The molecular weight excluding hydrogens is 268 g/mol. The van der Waals surface area contributed by atoms with Crippen molar-refractivity contribution in [2.45, 2.75) is 12.5 Å². The largest absolute Gasteiger partial charge is 0.481 e. The monoisotopic (exact) mass is 282 g/mol. The van der Waals surface area contributed by atoms with Crippen molar-refractivity contribution in [3.8, 4) is 0 Å². The number of aliphatic carboxylic acids is 1. The maximum atomic E-state index is 12.3. The van der Waals surface area contributed by atoms with Crippen LogP contribution in [0.4, 0.5) is 0 Å². The lowest BCUT2D eigenvalue weighted by atomic mass is 10.1. The molecule has 2 heterocycles. The van der Waals surface area contributed by atoms with E-state index in [1.165, 1.54) is 17.2 Å². The first-order valence-electron chi connectivity index (χ1n) is 5.88. The van der Waals surface area contributed by atoms with Gasteiger partial charge in [0, 0.05) is 24.2 Å². The van der Waals surface area contributed by atoms with Crippen LogP contribution in [0.5, 0.6) is 0 Å². The second-order valence-electron chi connectivity index (χ2n) is 4.24. The number of carbonyl (C=O) groups is 2. The van der Waals surface area contributed by atoms with Crippen molar-refractivity contribution in [1.82, 2.24) is 9.88 Å². The second kappa shape index (κ2) is 5.92. The first-order chi connectivity index (χ1) is 9.09. The molecule has 19 heavy (non-hydrogen) atoms. The highest BCUT2D eigenvalue weighted by Gasteiger charge is 2.30. The van der Waals surface area contributed by atoms with Gasteiger partial charge in [-0.3, -0.25) is 14.4 Å². The van der Waals surface area contributed by atoms with E-state index in [4.69, 9.17) is 5.11 Å². The van der Waals surface area contributed by atoms with Gasteiger partial charge in [-0.25, -0.2) is 0 Å². The summed E-state index contributed by atoms with van der Waals surface area (Å²) in [4.78, 5) is 38.7. The molecule has 0 spiro atoms. The molecule has 0 bridgehead atoms. The first kappa shape index (κ1) is 13.7. The van der Waals surface area contributed by atoms with Gasteiger partial charge < -0.3 is 15.0 Å². The SMILES string of the molecule is O=C(O)CC1CSCCN1C(=O)c1ccc[nH]c1=O. The molecule has 0 aromatic carbocycles. The normalized spacial score (nSPS) is 19.2. The third-order valence-electron chi connectivity index (χ3n) is 2.95. The average Bonchev–Trinajstić information content (AvgIpc) is 2.38. The molecule has 6 nitrogen and oxygen atoms in total. The van der Waals surface area contributed by atoms with Crippen LogP contribution in [0.1, 0.15) is 16.8 Å². The van der Waals surface area contributed by atoms with Gasteiger partial charge in [0.1, 0.15) is 5.56 Å². The fourth-order valence-electron chi connectivity index (χ4n) is 2.04. The molecule has 0 saturated carbocycles. The highest BCUT2D eigenvalue weighted by molar-refractivity contribution is 7.99. The number of hydrogen-bond donors (Lipinski definition) is 2. The van der Waals surface area contributed by atoms with Crippen molar-refractivity contribution in [3.63, 3.8) is 0 Å². The second-order valence-corrected chi connectivity index (χ2v) is 5.39. The van der Waals surface area contributed by atoms with E-state index < -0.39 is 17.4 Å². The quantitative estimate of drug-likeness (QED) is 0.838. The van der Waals surface area contributed by atoms with Gasteiger partial charge in [0.2, 0.25) is 0 Å². The van der Waals surface area contributed by atoms with E-state index in [0.29, 0.717) is 12.3 Å². The van der Waals surface area contributed by atoms with Gasteiger partial charge in [-0.15, -0.1) is 0 Å². The van der Waals surface area contributed by atoms with Gasteiger partial charge in [-0.1, -0.05) is 0 Å². The number of hydrogen-bond acceptors (Lipinski definition) is 4. The number of rotatable bonds is 3. The molecular formula is C12H14N2O4S. The van der Waals surface area contributed by atoms with E-state index in [1.807, 2.05) is 0 Å². The maximum absolute atomic E-state index is 12.3. The lowest BCUT2D eigenvalue weighted by Crippen LogP contribution is -2.48. The fourth-order valence-corrected chi connectivity index (χ4v) is 3.10. The summed E-state index contributed by atoms with van der Waals surface area (Å²) in [6.45, 7) is 0.468. The van der Waals surface area contributed by atoms with E-state index >= 15 is 0 Å². The van der Waals surface area contributed by atoms with E-state index in [9.17, 15) is 14.4 Å². The van der Waals surface area contributed by atoms with Gasteiger partial charge in [-0.2, -0.15) is 11.8 Å². The average molecular weight is 282 g/mol. The van der Waals surface area contributed by atoms with Crippen molar-refractivity contribution in [2.24, 2.45) is 0 Å². The molecule has 0 radical (unpaired) electrons. The third kappa shape index (κ3) is 3.17. The number of carbonyl (C=O) groups excluding carboxylic acids is 1. The summed E-state index contributed by atoms with van der Waals surface area (Å²) in [7, 11) is 0. The number of thioether (sulfide) groups is 1. The first-order valence-corrected chi connectivity index (χ1v) is 7.03. The molecule has 1 amide bonds. The van der Waals surface area contributed by atoms with Crippen molar-refractivity contribution in [1.29, 1.82) is 0 Å². The summed E-state index contributed by atoms with van der Waals surface area (Å²) in [5, 5.41) is 8.88. The molecule has 2 rings (SSSR count). The summed E-state index contributed by atoms with van der Waals surface area (Å²) in [6, 6.07) is 2.68. The number of H-pyrrole nitrogens is 1. The minimum absolute atomic E-state index is 0.0600. The number of nitrogens with zero attached hydrogens (tertiary/aromatic N) is 1. The van der Waals surface area contributed by atoms with Crippen LogP contribution < -0.4 is 5.56 Å². The minimum atomic E-state index is -0.938. The predicted octanol–water partition coefficient (Wildman–Crippen LogP) is 0.407. The Labute approximate surface area is 113 Å². The minimum Gasteiger partial charge on any atom is -0.481 e. The van der Waals surface area contributed by atoms with Crippen LogP contribution in [0, 0.1) is 0 Å². The molecule has 102 valence electrons. The number of aromatic nitrogens is 1. The molecule has 1 aromatic rings. The summed E-state index contributed by atoms with van der Waals surface area (Å²) < 4.78 is 0. The summed E-state index contributed by atoms with van der Waals surface area (Å²) in [5.41, 5.74) is -0.385. The summed E-state index contributed by atoms with van der Waals surface area (Å²) in [6.07, 6.45) is 1.36. The van der Waals surface area contributed by atoms with Crippen LogP contribution in [-0.4, -0.2) is 51.0 Å². The Morgan fingerprint density at radius 1 is 1.53 bits per heavy atom. The van der Waals surface area contributed by atoms with Crippen LogP contribution in [0.15, 0.2) is 23.1 Å². The number of pyridine rings is 1. The summed E-state index contributed by atoms with van der Waals surface area (Å²) >= 11 is 1.62. The van der Waals surface area contributed by atoms with Gasteiger partial charge in [-0.05, 0) is 12.1 Å². The molecule has 2 N–H and O–H groups in total. The number of nitrogens with one attached hydrogen (secondary N) is 1. The van der Waals surface area contributed by atoms with E-state index in [1.54, 1.807) is 17.8 Å². The lowest BCUT2D eigenvalue weighted by Gasteiger charge is -2.34. The van der Waals surface area contributed by atoms with Crippen LogP contribution >= 0.6 is 11.8 Å². The number of amides is 1. The Morgan fingerprint density at radius 2 is 2.32 bits per heavy atom. The van der Waals surface area contributed by atoms with Gasteiger partial charge >= 0.3 is 5.97 Å². The fraction of sp³-hybridized carbons (Fsp3) is 0.417. The Balaban J connectivity index is 2.23. The Hall–Kier alpha value is -1.76. The van der Waals surface area contributed by atoms with Crippen LogP contribution in [0.3, 0.4) is 0 Å². The van der Waals surface area contributed by atoms with Crippen molar-refractivity contribution >= 4 is 23.6 Å². The molecule has 1 aromatic heterocycles. The smallest absolute Gasteiger partial charge is 0.305 e. The molecule has 1 aliphatic heterocycles. The number of aromatic amines is 1. The van der Waals surface area contributed by atoms with Crippen molar-refractivity contribution < 1.29 is 14.7 Å². The van der Waals surface area contributed by atoms with Crippen LogP contribution in [0.25, 0.3) is 0 Å². The van der Waals surface area contributed by atoms with Gasteiger partial charge in [0.05, 0.1) is 12.5 Å². The Bertz CT molecular complexity index is 543. The van der Waals surface area contributed by atoms with Gasteiger partial charge in [0.15, 0.2) is 0 Å². The molecule has 1 unspecified atom stereocenters. The topological polar surface area (TPSA) is 90.5 Å². The molecule has 1 saturated heterocycles. The number of carboxylic acids is 1. The van der Waals surface area contributed by atoms with Crippen molar-refractivity contribution in [3.05, 3.63) is 34.2 Å². The summed E-state index contributed by atoms with van der Waals surface area (Å²) in [5.74, 6) is 0.00992. The highest BCUT2D eigenvalue weighted by Crippen LogP contribution is 2.20. The van der Waals surface area contributed by atoms with E-state index in [-0.39, 0.29) is 18.0 Å². The number of carboxylic acid groups (broad SMARTS) is 1. The third-order valence-corrected chi connectivity index (χ3v) is 4.04. The molecule has 0 aliphatic carbocycles. The molecule has 1 fully saturated rings. The molecule has 7 heteroatoms. The molecule has 1 atom stereocenters. The van der Waals surface area contributed by atoms with Crippen LogP contribution in [0.2, 0.25) is 0 Å². The standard InChI is InChI=1S/C12H14N2O4S/c15-10(16)6-8-7-19-5-4-14(8)12(18)9-2-1-3-13-11(9)17/h1-3,8H,4-7H2,(H,13,17)(H,15,16). The van der Waals surface area contributed by atoms with Crippen molar-refractivity contribution in [2.75, 3.05) is 18.1 Å². The zero-order valence-corrected chi connectivity index (χ0v) is 11.0. The Morgan fingerprint density at radius 3 is 3.00 bits per heavy atom. The predicted molar refractivity (Wildman–Crippen MR) is 71.5 cm³/mol. The Kier molecular flexibility index (Phi) is 4.26. The highest BCUT2D eigenvalue weighted by atomic mass is 32.2. The maximum Gasteiger partial charge on any atom is 0.305 e. The lowest BCUT2D eigenvalue weighted by molar-refractivity contribution is -0.138. The molecule has 1 aliphatic rings. The van der Waals surface area contributed by atoms with E-state index in [0.717, 1.165) is 5.75 Å².